The summed E-state index contributed by atoms with van der Waals surface area (Å²) in [7, 11) is 0. The molecular formula is C17H25NO2S. The van der Waals surface area contributed by atoms with Crippen LogP contribution in [0, 0.1) is 0 Å². The summed E-state index contributed by atoms with van der Waals surface area (Å²) in [5, 5.41) is 4.58. The van der Waals surface area contributed by atoms with Gasteiger partial charge in [0.1, 0.15) is 0 Å². The average molecular weight is 307 g/mol. The molecule has 0 spiro atoms. The predicted octanol–water partition coefficient (Wildman–Crippen LogP) is 3.61. The minimum atomic E-state index is 0.649. The molecule has 0 radical (unpaired) electrons. The highest BCUT2D eigenvalue weighted by Crippen LogP contribution is 2.33. The summed E-state index contributed by atoms with van der Waals surface area (Å²) in [4.78, 5) is 0. The summed E-state index contributed by atoms with van der Waals surface area (Å²) in [6.07, 6.45) is 8.45. The normalized spacial score (nSPS) is 25.4. The van der Waals surface area contributed by atoms with Crippen molar-refractivity contribution in [3.63, 3.8) is 0 Å². The maximum Gasteiger partial charge on any atom is 0.165 e. The molecular weight excluding hydrogens is 282 g/mol. The van der Waals surface area contributed by atoms with Gasteiger partial charge in [-0.05, 0) is 38.0 Å². The fourth-order valence-corrected chi connectivity index (χ4v) is 3.89. The lowest BCUT2D eigenvalue weighted by molar-refractivity contribution is 0.295. The fraction of sp³-hybridized carbons (Fsp3) is 0.647. The van der Waals surface area contributed by atoms with E-state index in [0.717, 1.165) is 42.9 Å². The second-order valence-corrected chi connectivity index (χ2v) is 7.02. The highest BCUT2D eigenvalue weighted by Gasteiger charge is 2.21. The molecule has 1 heterocycles. The lowest BCUT2D eigenvalue weighted by Crippen LogP contribution is -2.33. The van der Waals surface area contributed by atoms with Gasteiger partial charge in [0.25, 0.3) is 0 Å². The van der Waals surface area contributed by atoms with E-state index < -0.39 is 0 Å². The number of benzene rings is 1. The molecule has 3 rings (SSSR count). The minimum absolute atomic E-state index is 0.649. The Bertz CT molecular complexity index is 458. The van der Waals surface area contributed by atoms with E-state index in [1.165, 1.54) is 31.2 Å². The van der Waals surface area contributed by atoms with Gasteiger partial charge in [0.2, 0.25) is 0 Å². The topological polar surface area (TPSA) is 30.5 Å². The highest BCUT2D eigenvalue weighted by atomic mass is 32.2. The summed E-state index contributed by atoms with van der Waals surface area (Å²) in [5.41, 5.74) is 1.22. The molecule has 4 heteroatoms. The zero-order valence-electron chi connectivity index (χ0n) is 12.8. The molecule has 0 amide bonds. The van der Waals surface area contributed by atoms with Crippen molar-refractivity contribution < 1.29 is 9.47 Å². The van der Waals surface area contributed by atoms with Crippen LogP contribution in [0.3, 0.4) is 0 Å². The average Bonchev–Trinajstić information content (AvgIpc) is 2.79. The van der Waals surface area contributed by atoms with Crippen LogP contribution in [0.15, 0.2) is 18.2 Å². The number of hydrogen-bond donors (Lipinski definition) is 1. The summed E-state index contributed by atoms with van der Waals surface area (Å²) < 4.78 is 11.6. The molecule has 1 aliphatic heterocycles. The monoisotopic (exact) mass is 307 g/mol. The van der Waals surface area contributed by atoms with Crippen LogP contribution in [-0.2, 0) is 6.54 Å². The lowest BCUT2D eigenvalue weighted by atomic mass is 9.95. The Hall–Kier alpha value is -0.870. The quantitative estimate of drug-likeness (QED) is 0.920. The standard InChI is InChI=1S/C17H25NO2S/c1-21-15-8-6-14(7-9-15)18-12-13-4-2-5-16-17(13)20-11-3-10-19-16/h2,4-5,14-15,18H,3,6-12H2,1H3. The van der Waals surface area contributed by atoms with Crippen molar-refractivity contribution in [1.82, 2.24) is 5.32 Å². The number of hydrogen-bond acceptors (Lipinski definition) is 4. The molecule has 0 bridgehead atoms. The number of ether oxygens (including phenoxy) is 2. The summed E-state index contributed by atoms with van der Waals surface area (Å²) in [5.74, 6) is 1.85. The van der Waals surface area contributed by atoms with E-state index in [2.05, 4.69) is 23.7 Å². The highest BCUT2D eigenvalue weighted by molar-refractivity contribution is 7.99. The molecule has 116 valence electrons. The predicted molar refractivity (Wildman–Crippen MR) is 88.4 cm³/mol. The smallest absolute Gasteiger partial charge is 0.165 e. The van der Waals surface area contributed by atoms with Crippen molar-refractivity contribution in [2.24, 2.45) is 0 Å². The van der Waals surface area contributed by atoms with Crippen LogP contribution in [-0.4, -0.2) is 30.8 Å². The first kappa shape index (κ1) is 15.0. The summed E-state index contributed by atoms with van der Waals surface area (Å²) in [6, 6.07) is 6.87. The van der Waals surface area contributed by atoms with Crippen LogP contribution in [0.5, 0.6) is 11.5 Å². The Kier molecular flexibility index (Phi) is 5.31. The van der Waals surface area contributed by atoms with E-state index in [9.17, 15) is 0 Å². The van der Waals surface area contributed by atoms with Gasteiger partial charge in [-0.3, -0.25) is 0 Å². The van der Waals surface area contributed by atoms with Crippen molar-refractivity contribution >= 4 is 11.8 Å². The zero-order chi connectivity index (χ0) is 14.5. The van der Waals surface area contributed by atoms with Crippen molar-refractivity contribution in [2.45, 2.75) is 49.9 Å². The van der Waals surface area contributed by atoms with Crippen molar-refractivity contribution in [3.05, 3.63) is 23.8 Å². The molecule has 1 aliphatic carbocycles. The third-order valence-electron chi connectivity index (χ3n) is 4.44. The van der Waals surface area contributed by atoms with Gasteiger partial charge in [-0.2, -0.15) is 11.8 Å². The Morgan fingerprint density at radius 2 is 1.95 bits per heavy atom. The number of rotatable bonds is 4. The van der Waals surface area contributed by atoms with Crippen molar-refractivity contribution in [1.29, 1.82) is 0 Å². The van der Waals surface area contributed by atoms with Crippen LogP contribution in [0.25, 0.3) is 0 Å². The molecule has 2 aliphatic rings. The van der Waals surface area contributed by atoms with E-state index in [-0.39, 0.29) is 0 Å². The van der Waals surface area contributed by atoms with Crippen molar-refractivity contribution in [2.75, 3.05) is 19.5 Å². The molecule has 1 aromatic carbocycles. The van der Waals surface area contributed by atoms with Gasteiger partial charge in [-0.25, -0.2) is 0 Å². The summed E-state index contributed by atoms with van der Waals surface area (Å²) >= 11 is 2.02. The second-order valence-electron chi connectivity index (χ2n) is 5.89. The summed E-state index contributed by atoms with van der Waals surface area (Å²) in [6.45, 7) is 2.38. The van der Waals surface area contributed by atoms with E-state index in [1.807, 2.05) is 17.8 Å². The maximum atomic E-state index is 5.89. The van der Waals surface area contributed by atoms with E-state index >= 15 is 0 Å². The Morgan fingerprint density at radius 3 is 2.76 bits per heavy atom. The third-order valence-corrected chi connectivity index (χ3v) is 5.58. The fourth-order valence-electron chi connectivity index (χ4n) is 3.15. The maximum absolute atomic E-state index is 5.89. The molecule has 1 fully saturated rings. The first-order valence-electron chi connectivity index (χ1n) is 8.00. The SMILES string of the molecule is CSC1CCC(NCc2cccc3c2OCCCO3)CC1. The van der Waals surface area contributed by atoms with E-state index in [1.54, 1.807) is 0 Å². The lowest BCUT2D eigenvalue weighted by Gasteiger charge is -2.28. The third kappa shape index (κ3) is 3.86. The Morgan fingerprint density at radius 1 is 1.14 bits per heavy atom. The van der Waals surface area contributed by atoms with Gasteiger partial charge in [0.05, 0.1) is 13.2 Å². The molecule has 0 atom stereocenters. The van der Waals surface area contributed by atoms with E-state index in [0.29, 0.717) is 6.04 Å². The minimum Gasteiger partial charge on any atom is -0.490 e. The molecule has 0 saturated heterocycles. The number of fused-ring (bicyclic) bond motifs is 1. The molecule has 3 nitrogen and oxygen atoms in total. The largest absolute Gasteiger partial charge is 0.490 e. The molecule has 21 heavy (non-hydrogen) atoms. The van der Waals surface area contributed by atoms with Gasteiger partial charge in [-0.1, -0.05) is 12.1 Å². The van der Waals surface area contributed by atoms with Gasteiger partial charge >= 0.3 is 0 Å². The van der Waals surface area contributed by atoms with Crippen LogP contribution in [0.1, 0.15) is 37.7 Å². The number of thioether (sulfide) groups is 1. The molecule has 1 aromatic rings. The molecule has 0 unspecified atom stereocenters. The molecule has 1 saturated carbocycles. The van der Waals surface area contributed by atoms with Gasteiger partial charge in [0, 0.05) is 29.8 Å². The van der Waals surface area contributed by atoms with Crippen LogP contribution in [0.4, 0.5) is 0 Å². The first-order valence-corrected chi connectivity index (χ1v) is 9.29. The van der Waals surface area contributed by atoms with Crippen LogP contribution >= 0.6 is 11.8 Å². The molecule has 1 N–H and O–H groups in total. The van der Waals surface area contributed by atoms with Gasteiger partial charge in [-0.15, -0.1) is 0 Å². The van der Waals surface area contributed by atoms with E-state index in [4.69, 9.17) is 9.47 Å². The first-order chi connectivity index (χ1) is 10.4. The van der Waals surface area contributed by atoms with Crippen LogP contribution in [0.2, 0.25) is 0 Å². The number of nitrogens with one attached hydrogen (secondary N) is 1. The zero-order valence-corrected chi connectivity index (χ0v) is 13.6. The van der Waals surface area contributed by atoms with Gasteiger partial charge < -0.3 is 14.8 Å². The second kappa shape index (κ2) is 7.41. The Labute approximate surface area is 131 Å². The molecule has 0 aromatic heterocycles. The Balaban J connectivity index is 1.58. The number of para-hydroxylation sites is 1. The van der Waals surface area contributed by atoms with Gasteiger partial charge in [0.15, 0.2) is 11.5 Å². The van der Waals surface area contributed by atoms with Crippen LogP contribution < -0.4 is 14.8 Å². The van der Waals surface area contributed by atoms with Crippen molar-refractivity contribution in [3.8, 4) is 11.5 Å².